The molecule has 1 aromatic carbocycles. The van der Waals surface area contributed by atoms with Crippen molar-refractivity contribution >= 4 is 17.3 Å². The molecule has 9 heteroatoms. The van der Waals surface area contributed by atoms with E-state index in [2.05, 4.69) is 9.97 Å². The summed E-state index contributed by atoms with van der Waals surface area (Å²) in [6.45, 7) is 6.44. The SMILES string of the molecule is Cn1c(-c2ccc(O)cc2)nc2c(OC3CCN(C(=O)O)C3C(C)(C)C)ncnc21. The molecule has 0 saturated carbocycles. The van der Waals surface area contributed by atoms with E-state index in [1.165, 1.54) is 11.2 Å². The zero-order valence-electron chi connectivity index (χ0n) is 17.4. The molecule has 0 radical (unpaired) electrons. The number of nitrogens with zero attached hydrogens (tertiary/aromatic N) is 5. The van der Waals surface area contributed by atoms with Crippen LogP contribution in [0.15, 0.2) is 30.6 Å². The van der Waals surface area contributed by atoms with Crippen LogP contribution in [0, 0.1) is 5.41 Å². The van der Waals surface area contributed by atoms with Crippen LogP contribution in [-0.2, 0) is 7.05 Å². The van der Waals surface area contributed by atoms with Gasteiger partial charge in [0.1, 0.15) is 24.0 Å². The molecule has 4 rings (SSSR count). The number of carboxylic acid groups (broad SMARTS) is 1. The van der Waals surface area contributed by atoms with E-state index >= 15 is 0 Å². The number of benzene rings is 1. The van der Waals surface area contributed by atoms with E-state index in [1.807, 2.05) is 32.4 Å². The van der Waals surface area contributed by atoms with Crippen molar-refractivity contribution < 1.29 is 19.7 Å². The highest BCUT2D eigenvalue weighted by Crippen LogP contribution is 2.36. The van der Waals surface area contributed by atoms with Crippen molar-refractivity contribution in [3.63, 3.8) is 0 Å². The first-order valence-corrected chi connectivity index (χ1v) is 9.80. The van der Waals surface area contributed by atoms with Gasteiger partial charge < -0.3 is 24.4 Å². The number of carbonyl (C=O) groups is 1. The number of fused-ring (bicyclic) bond motifs is 1. The molecule has 30 heavy (non-hydrogen) atoms. The fourth-order valence-electron chi connectivity index (χ4n) is 4.20. The maximum atomic E-state index is 11.7. The molecule has 9 nitrogen and oxygen atoms in total. The van der Waals surface area contributed by atoms with Gasteiger partial charge in [-0.05, 0) is 29.7 Å². The van der Waals surface area contributed by atoms with Gasteiger partial charge in [0.25, 0.3) is 0 Å². The van der Waals surface area contributed by atoms with Gasteiger partial charge in [0.2, 0.25) is 5.88 Å². The number of aryl methyl sites for hydroxylation is 1. The summed E-state index contributed by atoms with van der Waals surface area (Å²) in [5.41, 5.74) is 1.66. The van der Waals surface area contributed by atoms with E-state index in [-0.39, 0.29) is 23.3 Å². The average Bonchev–Trinajstić information content (AvgIpc) is 3.25. The number of rotatable bonds is 3. The van der Waals surface area contributed by atoms with E-state index in [0.717, 1.165) is 5.56 Å². The molecule has 0 bridgehead atoms. The standard InChI is InChI=1S/C21H25N5O4/c1-21(2,3)16-14(9-10-26(16)20(28)29)30-19-15-18(22-11-23-19)25(4)17(24-15)12-5-7-13(27)8-6-12/h5-8,11,14,16,27H,9-10H2,1-4H3,(H,28,29). The van der Waals surface area contributed by atoms with Gasteiger partial charge in [0, 0.05) is 25.6 Å². The van der Waals surface area contributed by atoms with Gasteiger partial charge in [-0.2, -0.15) is 4.98 Å². The highest BCUT2D eigenvalue weighted by Gasteiger charge is 2.45. The minimum Gasteiger partial charge on any atom is -0.508 e. The maximum absolute atomic E-state index is 11.7. The summed E-state index contributed by atoms with van der Waals surface area (Å²) in [5, 5.41) is 19.2. The van der Waals surface area contributed by atoms with Crippen LogP contribution in [0.25, 0.3) is 22.6 Å². The van der Waals surface area contributed by atoms with Crippen molar-refractivity contribution in [2.75, 3.05) is 6.54 Å². The lowest BCUT2D eigenvalue weighted by atomic mass is 9.84. The molecule has 1 fully saturated rings. The summed E-state index contributed by atoms with van der Waals surface area (Å²) in [6, 6.07) is 6.46. The summed E-state index contributed by atoms with van der Waals surface area (Å²) < 4.78 is 8.10. The molecule has 2 unspecified atom stereocenters. The highest BCUT2D eigenvalue weighted by molar-refractivity contribution is 5.81. The molecule has 1 aliphatic heterocycles. The van der Waals surface area contributed by atoms with Crippen LogP contribution in [-0.4, -0.2) is 59.4 Å². The van der Waals surface area contributed by atoms with Crippen molar-refractivity contribution in [1.29, 1.82) is 0 Å². The van der Waals surface area contributed by atoms with Gasteiger partial charge >= 0.3 is 6.09 Å². The largest absolute Gasteiger partial charge is 0.508 e. The normalized spacial score (nSPS) is 19.4. The first-order valence-electron chi connectivity index (χ1n) is 9.80. The van der Waals surface area contributed by atoms with Gasteiger partial charge in [-0.15, -0.1) is 0 Å². The second kappa shape index (κ2) is 7.16. The van der Waals surface area contributed by atoms with E-state index in [0.29, 0.717) is 35.8 Å². The number of likely N-dealkylation sites (tertiary alicyclic amines) is 1. The highest BCUT2D eigenvalue weighted by atomic mass is 16.5. The summed E-state index contributed by atoms with van der Waals surface area (Å²) in [4.78, 5) is 26.5. The lowest BCUT2D eigenvalue weighted by molar-refractivity contribution is 0.0558. The van der Waals surface area contributed by atoms with E-state index in [1.54, 1.807) is 24.3 Å². The molecule has 158 valence electrons. The Balaban J connectivity index is 1.72. The number of imidazole rings is 1. The van der Waals surface area contributed by atoms with Crippen molar-refractivity contribution in [3.8, 4) is 23.0 Å². The summed E-state index contributed by atoms with van der Waals surface area (Å²) in [6.07, 6.45) is 0.729. The molecular weight excluding hydrogens is 386 g/mol. The van der Waals surface area contributed by atoms with E-state index < -0.39 is 6.09 Å². The first-order chi connectivity index (χ1) is 14.2. The van der Waals surface area contributed by atoms with E-state index in [4.69, 9.17) is 9.72 Å². The summed E-state index contributed by atoms with van der Waals surface area (Å²) in [7, 11) is 1.86. The number of aromatic hydroxyl groups is 1. The number of hydrogen-bond donors (Lipinski definition) is 2. The Labute approximate surface area is 174 Å². The zero-order valence-corrected chi connectivity index (χ0v) is 17.4. The van der Waals surface area contributed by atoms with Crippen molar-refractivity contribution in [2.24, 2.45) is 12.5 Å². The lowest BCUT2D eigenvalue weighted by Crippen LogP contribution is -2.48. The Morgan fingerprint density at radius 1 is 1.20 bits per heavy atom. The van der Waals surface area contributed by atoms with Crippen molar-refractivity contribution in [3.05, 3.63) is 30.6 Å². The third-order valence-corrected chi connectivity index (χ3v) is 5.49. The van der Waals surface area contributed by atoms with Crippen LogP contribution in [0.5, 0.6) is 11.6 Å². The minimum absolute atomic E-state index is 0.179. The second-order valence-corrected chi connectivity index (χ2v) is 8.62. The fraction of sp³-hybridized carbons (Fsp3) is 0.429. The molecule has 1 amide bonds. The number of ether oxygens (including phenoxy) is 1. The van der Waals surface area contributed by atoms with Gasteiger partial charge in [0.15, 0.2) is 11.2 Å². The molecule has 0 aliphatic carbocycles. The zero-order chi connectivity index (χ0) is 21.6. The number of amides is 1. The molecule has 2 N–H and O–H groups in total. The van der Waals surface area contributed by atoms with Crippen LogP contribution in [0.3, 0.4) is 0 Å². The Hall–Kier alpha value is -3.36. The average molecular weight is 411 g/mol. The predicted molar refractivity (Wildman–Crippen MR) is 110 cm³/mol. The smallest absolute Gasteiger partial charge is 0.407 e. The number of phenols is 1. The minimum atomic E-state index is -0.943. The van der Waals surface area contributed by atoms with Gasteiger partial charge in [-0.3, -0.25) is 0 Å². The van der Waals surface area contributed by atoms with Crippen molar-refractivity contribution in [1.82, 2.24) is 24.4 Å². The lowest BCUT2D eigenvalue weighted by Gasteiger charge is -2.36. The number of aromatic nitrogens is 4. The molecule has 2 aromatic heterocycles. The molecular formula is C21H25N5O4. The monoisotopic (exact) mass is 411 g/mol. The number of hydrogen-bond acceptors (Lipinski definition) is 6. The van der Waals surface area contributed by atoms with Crippen LogP contribution in [0.4, 0.5) is 4.79 Å². The Morgan fingerprint density at radius 2 is 1.90 bits per heavy atom. The van der Waals surface area contributed by atoms with Gasteiger partial charge in [0.05, 0.1) is 6.04 Å². The van der Waals surface area contributed by atoms with E-state index in [9.17, 15) is 15.0 Å². The Bertz CT molecular complexity index is 1090. The second-order valence-electron chi connectivity index (χ2n) is 8.62. The van der Waals surface area contributed by atoms with Crippen LogP contribution >= 0.6 is 0 Å². The quantitative estimate of drug-likeness (QED) is 0.680. The van der Waals surface area contributed by atoms with Gasteiger partial charge in [-0.25, -0.2) is 14.8 Å². The van der Waals surface area contributed by atoms with Crippen LogP contribution in [0.2, 0.25) is 0 Å². The molecule has 1 aliphatic rings. The fourth-order valence-corrected chi connectivity index (χ4v) is 4.20. The Kier molecular flexibility index (Phi) is 4.76. The third kappa shape index (κ3) is 3.40. The van der Waals surface area contributed by atoms with Crippen molar-refractivity contribution in [2.45, 2.75) is 39.3 Å². The predicted octanol–water partition coefficient (Wildman–Crippen LogP) is 3.28. The number of phenolic OH excluding ortho intramolecular Hbond substituents is 1. The Morgan fingerprint density at radius 3 is 2.53 bits per heavy atom. The molecule has 3 aromatic rings. The van der Waals surface area contributed by atoms with Gasteiger partial charge in [-0.1, -0.05) is 20.8 Å². The molecule has 0 spiro atoms. The molecule has 3 heterocycles. The first kappa shape index (κ1) is 19.9. The van der Waals surface area contributed by atoms with Crippen LogP contribution in [0.1, 0.15) is 27.2 Å². The third-order valence-electron chi connectivity index (χ3n) is 5.49. The summed E-state index contributed by atoms with van der Waals surface area (Å²) in [5.74, 6) is 1.19. The topological polar surface area (TPSA) is 114 Å². The molecule has 1 saturated heterocycles. The summed E-state index contributed by atoms with van der Waals surface area (Å²) >= 11 is 0. The maximum Gasteiger partial charge on any atom is 0.407 e. The molecule has 2 atom stereocenters. The van der Waals surface area contributed by atoms with Crippen LogP contribution < -0.4 is 4.74 Å².